The Bertz CT molecular complexity index is 1310. The van der Waals surface area contributed by atoms with Crippen molar-refractivity contribution in [1.82, 2.24) is 19.9 Å². The van der Waals surface area contributed by atoms with Crippen molar-refractivity contribution >= 4 is 28.5 Å². The van der Waals surface area contributed by atoms with Crippen molar-refractivity contribution in [2.45, 2.75) is 26.1 Å². The predicted molar refractivity (Wildman–Crippen MR) is 126 cm³/mol. The molecule has 1 unspecified atom stereocenters. The lowest BCUT2D eigenvalue weighted by molar-refractivity contribution is -0.139. The number of aromatic nitrogens is 3. The second kappa shape index (κ2) is 10.1. The molecule has 3 aromatic carbocycles. The number of halogens is 1. The van der Waals surface area contributed by atoms with Gasteiger partial charge in [0.25, 0.3) is 0 Å². The SMILES string of the molecule is COc1ccc(NC(=O)C(C)N(Cc2ccccc2F)C(=O)Cn2nnc3ccccc32)cc1. The van der Waals surface area contributed by atoms with E-state index in [-0.39, 0.29) is 13.1 Å². The van der Waals surface area contributed by atoms with Crippen LogP contribution in [-0.4, -0.2) is 44.9 Å². The first-order valence-corrected chi connectivity index (χ1v) is 10.7. The second-order valence-corrected chi connectivity index (χ2v) is 7.74. The maximum Gasteiger partial charge on any atom is 0.246 e. The summed E-state index contributed by atoms with van der Waals surface area (Å²) in [7, 11) is 1.56. The molecule has 174 valence electrons. The molecule has 0 aliphatic heterocycles. The van der Waals surface area contributed by atoms with Gasteiger partial charge in [-0.25, -0.2) is 9.07 Å². The Morgan fingerprint density at radius 3 is 2.50 bits per heavy atom. The van der Waals surface area contributed by atoms with Gasteiger partial charge in [0, 0.05) is 17.8 Å². The number of rotatable bonds is 8. The third-order valence-corrected chi connectivity index (χ3v) is 5.53. The van der Waals surface area contributed by atoms with Gasteiger partial charge in [0.1, 0.15) is 29.7 Å². The molecule has 0 radical (unpaired) electrons. The first kappa shape index (κ1) is 22.9. The lowest BCUT2D eigenvalue weighted by Gasteiger charge is -2.29. The van der Waals surface area contributed by atoms with Gasteiger partial charge < -0.3 is 15.0 Å². The fourth-order valence-electron chi connectivity index (χ4n) is 3.57. The predicted octanol–water partition coefficient (Wildman–Crippen LogP) is 3.64. The number of fused-ring (bicyclic) bond motifs is 1. The maximum atomic E-state index is 14.4. The summed E-state index contributed by atoms with van der Waals surface area (Å²) >= 11 is 0. The molecule has 0 fully saturated rings. The van der Waals surface area contributed by atoms with Crippen molar-refractivity contribution in [2.75, 3.05) is 12.4 Å². The number of amides is 2. The monoisotopic (exact) mass is 461 g/mol. The van der Waals surface area contributed by atoms with E-state index >= 15 is 0 Å². The van der Waals surface area contributed by atoms with Gasteiger partial charge in [-0.05, 0) is 49.4 Å². The molecular weight excluding hydrogens is 437 g/mol. The highest BCUT2D eigenvalue weighted by molar-refractivity contribution is 5.97. The van der Waals surface area contributed by atoms with Crippen molar-refractivity contribution in [1.29, 1.82) is 0 Å². The summed E-state index contributed by atoms with van der Waals surface area (Å²) in [5.74, 6) is -0.591. The van der Waals surface area contributed by atoms with E-state index in [1.807, 2.05) is 18.2 Å². The van der Waals surface area contributed by atoms with Gasteiger partial charge in [-0.3, -0.25) is 9.59 Å². The van der Waals surface area contributed by atoms with Crippen LogP contribution in [-0.2, 0) is 22.7 Å². The fourth-order valence-corrected chi connectivity index (χ4v) is 3.57. The number of benzene rings is 3. The zero-order valence-corrected chi connectivity index (χ0v) is 18.8. The molecule has 1 aromatic heterocycles. The molecule has 34 heavy (non-hydrogen) atoms. The van der Waals surface area contributed by atoms with E-state index in [0.29, 0.717) is 28.0 Å². The summed E-state index contributed by atoms with van der Waals surface area (Å²) in [4.78, 5) is 27.7. The first-order chi connectivity index (χ1) is 16.5. The van der Waals surface area contributed by atoms with Crippen LogP contribution in [0, 0.1) is 5.82 Å². The van der Waals surface area contributed by atoms with Crippen LogP contribution >= 0.6 is 0 Å². The number of para-hydroxylation sites is 1. The molecule has 1 atom stereocenters. The Morgan fingerprint density at radius 2 is 1.76 bits per heavy atom. The molecule has 1 heterocycles. The average molecular weight is 461 g/mol. The molecule has 1 N–H and O–H groups in total. The van der Waals surface area contributed by atoms with Crippen LogP contribution in [0.2, 0.25) is 0 Å². The number of anilines is 1. The molecule has 0 saturated carbocycles. The second-order valence-electron chi connectivity index (χ2n) is 7.74. The number of carbonyl (C=O) groups is 2. The standard InChI is InChI=1S/C25H24FN5O3/c1-17(25(33)27-19-11-13-20(34-2)14-12-19)30(15-18-7-3-4-8-21(18)26)24(32)16-31-23-10-6-5-9-22(23)28-29-31/h3-14,17H,15-16H2,1-2H3,(H,27,33). The molecule has 0 saturated heterocycles. The zero-order chi connectivity index (χ0) is 24.1. The minimum Gasteiger partial charge on any atom is -0.497 e. The van der Waals surface area contributed by atoms with E-state index < -0.39 is 23.7 Å². The van der Waals surface area contributed by atoms with E-state index in [1.54, 1.807) is 62.6 Å². The van der Waals surface area contributed by atoms with Gasteiger partial charge in [0.05, 0.1) is 12.6 Å². The van der Waals surface area contributed by atoms with Crippen molar-refractivity contribution in [3.8, 4) is 5.75 Å². The first-order valence-electron chi connectivity index (χ1n) is 10.7. The average Bonchev–Trinajstić information content (AvgIpc) is 3.26. The summed E-state index contributed by atoms with van der Waals surface area (Å²) in [6.07, 6.45) is 0. The highest BCUT2D eigenvalue weighted by Gasteiger charge is 2.28. The van der Waals surface area contributed by atoms with Crippen molar-refractivity contribution in [3.63, 3.8) is 0 Å². The smallest absolute Gasteiger partial charge is 0.246 e. The minimum absolute atomic E-state index is 0.0741. The van der Waals surface area contributed by atoms with E-state index in [9.17, 15) is 14.0 Å². The quantitative estimate of drug-likeness (QED) is 0.433. The van der Waals surface area contributed by atoms with Crippen LogP contribution in [0.3, 0.4) is 0 Å². The highest BCUT2D eigenvalue weighted by Crippen LogP contribution is 2.18. The van der Waals surface area contributed by atoms with Gasteiger partial charge in [-0.15, -0.1) is 5.10 Å². The Labute approximate surface area is 195 Å². The van der Waals surface area contributed by atoms with Crippen LogP contribution < -0.4 is 10.1 Å². The number of ether oxygens (including phenoxy) is 1. The van der Waals surface area contributed by atoms with Crippen LogP contribution in [0.25, 0.3) is 11.0 Å². The van der Waals surface area contributed by atoms with Crippen molar-refractivity contribution in [2.24, 2.45) is 0 Å². The van der Waals surface area contributed by atoms with E-state index in [2.05, 4.69) is 15.6 Å². The van der Waals surface area contributed by atoms with Crippen LogP contribution in [0.15, 0.2) is 72.8 Å². The molecule has 9 heteroatoms. The lowest BCUT2D eigenvalue weighted by atomic mass is 10.1. The molecule has 2 amide bonds. The van der Waals surface area contributed by atoms with E-state index in [0.717, 1.165) is 0 Å². The molecule has 0 bridgehead atoms. The molecule has 0 aliphatic rings. The Morgan fingerprint density at radius 1 is 1.06 bits per heavy atom. The largest absolute Gasteiger partial charge is 0.497 e. The summed E-state index contributed by atoms with van der Waals surface area (Å²) < 4.78 is 21.0. The fraction of sp³-hybridized carbons (Fsp3) is 0.200. The normalized spacial score (nSPS) is 11.7. The molecule has 4 rings (SSSR count). The van der Waals surface area contributed by atoms with Gasteiger partial charge in [0.2, 0.25) is 11.8 Å². The van der Waals surface area contributed by atoms with Crippen LogP contribution in [0.5, 0.6) is 5.75 Å². The van der Waals surface area contributed by atoms with Crippen LogP contribution in [0.4, 0.5) is 10.1 Å². The summed E-state index contributed by atoms with van der Waals surface area (Å²) in [5.41, 5.74) is 2.21. The zero-order valence-electron chi connectivity index (χ0n) is 18.8. The Kier molecular flexibility index (Phi) is 6.82. The number of nitrogens with one attached hydrogen (secondary N) is 1. The van der Waals surface area contributed by atoms with Gasteiger partial charge in [0.15, 0.2) is 0 Å². The molecule has 0 spiro atoms. The van der Waals surface area contributed by atoms with Crippen molar-refractivity contribution < 1.29 is 18.7 Å². The molecular formula is C25H24FN5O3. The number of nitrogens with zero attached hydrogens (tertiary/aromatic N) is 4. The number of hydrogen-bond acceptors (Lipinski definition) is 5. The molecule has 4 aromatic rings. The molecule has 0 aliphatic carbocycles. The van der Waals surface area contributed by atoms with Crippen LogP contribution in [0.1, 0.15) is 12.5 Å². The maximum absolute atomic E-state index is 14.4. The van der Waals surface area contributed by atoms with Gasteiger partial charge in [-0.1, -0.05) is 35.5 Å². The summed E-state index contributed by atoms with van der Waals surface area (Å²) in [6.45, 7) is 1.39. The van der Waals surface area contributed by atoms with Crippen molar-refractivity contribution in [3.05, 3.63) is 84.2 Å². The number of carbonyl (C=O) groups excluding carboxylic acids is 2. The minimum atomic E-state index is -0.885. The Balaban J connectivity index is 1.57. The van der Waals surface area contributed by atoms with E-state index in [4.69, 9.17) is 4.74 Å². The summed E-state index contributed by atoms with van der Waals surface area (Å²) in [6, 6.07) is 19.4. The highest BCUT2D eigenvalue weighted by atomic mass is 19.1. The number of hydrogen-bond donors (Lipinski definition) is 1. The lowest BCUT2D eigenvalue weighted by Crippen LogP contribution is -2.46. The Hall–Kier alpha value is -4.27. The van der Waals surface area contributed by atoms with E-state index in [1.165, 1.54) is 15.6 Å². The molecule has 8 nitrogen and oxygen atoms in total. The third kappa shape index (κ3) is 5.03. The topological polar surface area (TPSA) is 89.4 Å². The van der Waals surface area contributed by atoms with Gasteiger partial charge >= 0.3 is 0 Å². The number of methoxy groups -OCH3 is 1. The van der Waals surface area contributed by atoms with Gasteiger partial charge in [-0.2, -0.15) is 0 Å². The third-order valence-electron chi connectivity index (χ3n) is 5.53. The summed E-state index contributed by atoms with van der Waals surface area (Å²) in [5, 5.41) is 10.9.